The molecule has 4 rings (SSSR count). The summed E-state index contributed by atoms with van der Waals surface area (Å²) in [6.07, 6.45) is -4.34. The molecule has 0 saturated carbocycles. The van der Waals surface area contributed by atoms with E-state index in [4.69, 9.17) is 12.2 Å². The van der Waals surface area contributed by atoms with Crippen molar-refractivity contribution in [3.63, 3.8) is 0 Å². The van der Waals surface area contributed by atoms with Gasteiger partial charge in [0, 0.05) is 17.5 Å². The van der Waals surface area contributed by atoms with E-state index in [1.54, 1.807) is 6.07 Å². The predicted octanol–water partition coefficient (Wildman–Crippen LogP) is 5.55. The highest BCUT2D eigenvalue weighted by molar-refractivity contribution is 7.81. The van der Waals surface area contributed by atoms with E-state index < -0.39 is 11.7 Å². The minimum atomic E-state index is -4.34. The Balaban J connectivity index is 1.75. The van der Waals surface area contributed by atoms with Crippen molar-refractivity contribution in [1.82, 2.24) is 0 Å². The molecule has 0 aromatic heterocycles. The molecule has 1 nitrogen and oxygen atoms in total. The van der Waals surface area contributed by atoms with E-state index in [1.165, 1.54) is 12.1 Å². The van der Waals surface area contributed by atoms with Crippen molar-refractivity contribution in [1.29, 1.82) is 0 Å². The van der Waals surface area contributed by atoms with Gasteiger partial charge in [0.1, 0.15) is 4.99 Å². The Hall–Kier alpha value is -2.40. The molecular weight excluding hydrogens is 331 g/mol. The summed E-state index contributed by atoms with van der Waals surface area (Å²) >= 11 is 5.57. The van der Waals surface area contributed by atoms with Crippen LogP contribution in [0.25, 0.3) is 10.8 Å². The first kappa shape index (κ1) is 15.1. The highest BCUT2D eigenvalue weighted by atomic mass is 32.1. The molecule has 0 N–H and O–H groups in total. The van der Waals surface area contributed by atoms with Gasteiger partial charge in [0.2, 0.25) is 0 Å². The Labute approximate surface area is 142 Å². The third-order valence-corrected chi connectivity index (χ3v) is 4.68. The molecule has 0 aliphatic carbocycles. The number of rotatable bonds is 2. The molecule has 3 aromatic rings. The van der Waals surface area contributed by atoms with Crippen molar-refractivity contribution in [2.24, 2.45) is 0 Å². The maximum Gasteiger partial charge on any atom is 0.416 e. The van der Waals surface area contributed by atoms with E-state index in [-0.39, 0.29) is 0 Å². The van der Waals surface area contributed by atoms with Crippen LogP contribution < -0.4 is 4.90 Å². The molecule has 0 fully saturated rings. The zero-order valence-corrected chi connectivity index (χ0v) is 13.3. The van der Waals surface area contributed by atoms with E-state index in [2.05, 4.69) is 0 Å². The van der Waals surface area contributed by atoms with Gasteiger partial charge in [-0.3, -0.25) is 0 Å². The number of anilines is 1. The lowest BCUT2D eigenvalue weighted by Gasteiger charge is -2.20. The molecule has 1 aliphatic rings. The smallest absolute Gasteiger partial charge is 0.327 e. The monoisotopic (exact) mass is 343 g/mol. The van der Waals surface area contributed by atoms with Gasteiger partial charge >= 0.3 is 6.18 Å². The molecule has 1 heterocycles. The second-order valence-electron chi connectivity index (χ2n) is 5.77. The molecule has 0 radical (unpaired) electrons. The Kier molecular flexibility index (Phi) is 3.35. The van der Waals surface area contributed by atoms with Crippen LogP contribution in [0.15, 0.2) is 60.7 Å². The quantitative estimate of drug-likeness (QED) is 0.561. The Morgan fingerprint density at radius 3 is 2.38 bits per heavy atom. The number of alkyl halides is 3. The van der Waals surface area contributed by atoms with Crippen molar-refractivity contribution < 1.29 is 13.2 Å². The van der Waals surface area contributed by atoms with E-state index >= 15 is 0 Å². The van der Waals surface area contributed by atoms with Crippen LogP contribution in [-0.4, -0.2) is 4.99 Å². The first-order valence-corrected chi connectivity index (χ1v) is 7.86. The number of nitrogens with zero attached hydrogens (tertiary/aromatic N) is 1. The van der Waals surface area contributed by atoms with Gasteiger partial charge in [0.05, 0.1) is 11.3 Å². The molecule has 0 spiro atoms. The topological polar surface area (TPSA) is 3.24 Å². The summed E-state index contributed by atoms with van der Waals surface area (Å²) in [6, 6.07) is 17.2. The van der Waals surface area contributed by atoms with Gasteiger partial charge < -0.3 is 4.90 Å². The average molecular weight is 343 g/mol. The van der Waals surface area contributed by atoms with Crippen LogP contribution in [0.2, 0.25) is 0 Å². The number of hydrogen-bond acceptors (Lipinski definition) is 1. The van der Waals surface area contributed by atoms with Crippen LogP contribution in [-0.2, 0) is 12.7 Å². The van der Waals surface area contributed by atoms with E-state index in [1.807, 2.05) is 41.3 Å². The summed E-state index contributed by atoms with van der Waals surface area (Å²) in [7, 11) is 0. The molecule has 5 heteroatoms. The Morgan fingerprint density at radius 1 is 0.917 bits per heavy atom. The molecule has 3 aromatic carbocycles. The molecular formula is C19H12F3NS. The molecule has 24 heavy (non-hydrogen) atoms. The van der Waals surface area contributed by atoms with Crippen molar-refractivity contribution in [2.75, 3.05) is 4.90 Å². The van der Waals surface area contributed by atoms with Crippen LogP contribution in [0.5, 0.6) is 0 Å². The average Bonchev–Trinajstić information content (AvgIpc) is 2.83. The summed E-state index contributed by atoms with van der Waals surface area (Å²) in [5, 5.41) is 2.15. The van der Waals surface area contributed by atoms with Gasteiger partial charge in [-0.15, -0.1) is 0 Å². The van der Waals surface area contributed by atoms with Crippen LogP contribution in [0.1, 0.15) is 16.7 Å². The lowest BCUT2D eigenvalue weighted by Crippen LogP contribution is -2.25. The zero-order chi connectivity index (χ0) is 16.9. The largest absolute Gasteiger partial charge is 0.416 e. The number of halogens is 3. The second-order valence-corrected chi connectivity index (χ2v) is 6.16. The molecule has 0 atom stereocenters. The fraction of sp³-hybridized carbons (Fsp3) is 0.105. The predicted molar refractivity (Wildman–Crippen MR) is 93.3 cm³/mol. The van der Waals surface area contributed by atoms with Gasteiger partial charge in [-0.2, -0.15) is 13.2 Å². The Bertz CT molecular complexity index is 957. The fourth-order valence-corrected chi connectivity index (χ4v) is 3.50. The number of thiocarbonyl (C=S) groups is 1. The summed E-state index contributed by atoms with van der Waals surface area (Å²) < 4.78 is 38.8. The van der Waals surface area contributed by atoms with Gasteiger partial charge in [-0.05, 0) is 29.1 Å². The lowest BCUT2D eigenvalue weighted by molar-refractivity contribution is -0.137. The first-order valence-electron chi connectivity index (χ1n) is 7.45. The van der Waals surface area contributed by atoms with Crippen LogP contribution in [0.3, 0.4) is 0 Å². The van der Waals surface area contributed by atoms with Gasteiger partial charge in [-0.1, -0.05) is 54.7 Å². The van der Waals surface area contributed by atoms with Crippen molar-refractivity contribution in [2.45, 2.75) is 12.7 Å². The molecule has 0 bridgehead atoms. The maximum absolute atomic E-state index is 12.9. The van der Waals surface area contributed by atoms with Gasteiger partial charge in [-0.25, -0.2) is 0 Å². The number of hydrogen-bond donors (Lipinski definition) is 0. The van der Waals surface area contributed by atoms with Crippen LogP contribution >= 0.6 is 12.2 Å². The third-order valence-electron chi connectivity index (χ3n) is 4.24. The number of benzene rings is 3. The molecule has 0 amide bonds. The van der Waals surface area contributed by atoms with Crippen molar-refractivity contribution in [3.05, 3.63) is 77.4 Å². The summed E-state index contributed by atoms with van der Waals surface area (Å²) in [5.74, 6) is 0. The molecule has 120 valence electrons. The molecule has 0 unspecified atom stereocenters. The lowest BCUT2D eigenvalue weighted by atomic mass is 10.1. The van der Waals surface area contributed by atoms with Crippen molar-refractivity contribution in [3.8, 4) is 0 Å². The fourth-order valence-electron chi connectivity index (χ4n) is 3.16. The highest BCUT2D eigenvalue weighted by Crippen LogP contribution is 2.39. The highest BCUT2D eigenvalue weighted by Gasteiger charge is 2.31. The van der Waals surface area contributed by atoms with Gasteiger partial charge in [0.15, 0.2) is 0 Å². The SMILES string of the molecule is FC(F)(F)c1cccc(CN2C(=S)c3cccc4cccc2c34)c1. The maximum atomic E-state index is 12.9. The standard InChI is InChI=1S/C19H12F3NS/c20-19(21,22)14-7-1-4-12(10-14)11-23-16-9-3-6-13-5-2-8-15(17(13)16)18(23)24/h1-10H,11H2. The van der Waals surface area contributed by atoms with E-state index in [0.29, 0.717) is 17.1 Å². The third kappa shape index (κ3) is 2.36. The minimum Gasteiger partial charge on any atom is -0.327 e. The summed E-state index contributed by atoms with van der Waals surface area (Å²) in [5.41, 5.74) is 1.86. The Morgan fingerprint density at radius 2 is 1.62 bits per heavy atom. The van der Waals surface area contributed by atoms with E-state index in [0.717, 1.165) is 28.1 Å². The van der Waals surface area contributed by atoms with Crippen LogP contribution in [0.4, 0.5) is 18.9 Å². The first-order chi connectivity index (χ1) is 11.4. The normalized spacial score (nSPS) is 13.8. The zero-order valence-electron chi connectivity index (χ0n) is 12.5. The molecule has 1 aliphatic heterocycles. The van der Waals surface area contributed by atoms with E-state index in [9.17, 15) is 13.2 Å². The minimum absolute atomic E-state index is 0.316. The van der Waals surface area contributed by atoms with Crippen molar-refractivity contribution >= 4 is 33.7 Å². The summed E-state index contributed by atoms with van der Waals surface area (Å²) in [6.45, 7) is 0.316. The van der Waals surface area contributed by atoms with Gasteiger partial charge in [0.25, 0.3) is 0 Å². The molecule has 0 saturated heterocycles. The van der Waals surface area contributed by atoms with Crippen LogP contribution in [0, 0.1) is 0 Å². The second kappa shape index (κ2) is 5.31. The summed E-state index contributed by atoms with van der Waals surface area (Å²) in [4.78, 5) is 2.56.